The molecule has 3 rings (SSSR count). The predicted molar refractivity (Wildman–Crippen MR) is 112 cm³/mol. The molecular formula is C21H25N3O3S. The maximum atomic E-state index is 13.1. The molecule has 2 heterocycles. The monoisotopic (exact) mass is 399 g/mol. The summed E-state index contributed by atoms with van der Waals surface area (Å²) in [6.45, 7) is 5.44. The second-order valence-electron chi connectivity index (χ2n) is 6.53. The first kappa shape index (κ1) is 20.2. The molecule has 3 aromatic rings. The third-order valence-corrected chi connectivity index (χ3v) is 5.65. The van der Waals surface area contributed by atoms with E-state index in [1.54, 1.807) is 22.6 Å². The molecule has 0 radical (unpaired) electrons. The van der Waals surface area contributed by atoms with Crippen LogP contribution in [0.25, 0.3) is 10.9 Å². The minimum absolute atomic E-state index is 0.0522. The number of amides is 1. The van der Waals surface area contributed by atoms with E-state index in [4.69, 9.17) is 9.72 Å². The summed E-state index contributed by atoms with van der Waals surface area (Å²) in [6.07, 6.45) is 0.710. The van der Waals surface area contributed by atoms with Gasteiger partial charge in [0.25, 0.3) is 11.5 Å². The maximum absolute atomic E-state index is 13.1. The fraction of sp³-hybridized carbons (Fsp3) is 0.381. The van der Waals surface area contributed by atoms with E-state index in [-0.39, 0.29) is 17.5 Å². The van der Waals surface area contributed by atoms with Crippen LogP contribution in [0.2, 0.25) is 0 Å². The van der Waals surface area contributed by atoms with Crippen molar-refractivity contribution in [2.24, 2.45) is 0 Å². The molecule has 0 N–H and O–H groups in total. The van der Waals surface area contributed by atoms with E-state index in [9.17, 15) is 9.59 Å². The lowest BCUT2D eigenvalue weighted by atomic mass is 10.2. The van der Waals surface area contributed by atoms with Crippen LogP contribution in [-0.4, -0.2) is 40.6 Å². The molecule has 0 aliphatic heterocycles. The topological polar surface area (TPSA) is 64.4 Å². The van der Waals surface area contributed by atoms with Crippen molar-refractivity contribution in [2.75, 3.05) is 20.3 Å². The Balaban J connectivity index is 2.05. The van der Waals surface area contributed by atoms with Crippen LogP contribution in [0.1, 0.15) is 41.8 Å². The normalized spacial score (nSPS) is 12.2. The third kappa shape index (κ3) is 4.00. The average Bonchev–Trinajstić information content (AvgIpc) is 3.25. The molecular weight excluding hydrogens is 374 g/mol. The summed E-state index contributed by atoms with van der Waals surface area (Å²) >= 11 is 1.42. The highest BCUT2D eigenvalue weighted by Crippen LogP contribution is 2.24. The smallest absolute Gasteiger partial charge is 0.264 e. The molecule has 0 aliphatic rings. The molecule has 28 heavy (non-hydrogen) atoms. The van der Waals surface area contributed by atoms with E-state index in [1.807, 2.05) is 49.6 Å². The van der Waals surface area contributed by atoms with Crippen molar-refractivity contribution in [3.63, 3.8) is 0 Å². The first-order valence-corrected chi connectivity index (χ1v) is 10.3. The molecule has 6 nitrogen and oxygen atoms in total. The molecule has 1 amide bonds. The standard InChI is InChI=1S/C21H25N3O3S/c1-4-23-19(22-17-10-6-5-9-16(17)20(23)25)15(2)24(12-8-13-27-3)21(26)18-11-7-14-28-18/h5-7,9-11,14-15H,4,8,12-13H2,1-3H3. The van der Waals surface area contributed by atoms with Crippen LogP contribution in [0.5, 0.6) is 0 Å². The van der Waals surface area contributed by atoms with Gasteiger partial charge in [-0.25, -0.2) is 4.98 Å². The lowest BCUT2D eigenvalue weighted by Crippen LogP contribution is -2.38. The number of hydrogen-bond acceptors (Lipinski definition) is 5. The van der Waals surface area contributed by atoms with Gasteiger partial charge in [-0.05, 0) is 43.8 Å². The number of benzene rings is 1. The van der Waals surface area contributed by atoms with E-state index < -0.39 is 0 Å². The van der Waals surface area contributed by atoms with E-state index >= 15 is 0 Å². The Morgan fingerprint density at radius 3 is 2.75 bits per heavy atom. The Morgan fingerprint density at radius 2 is 2.07 bits per heavy atom. The van der Waals surface area contributed by atoms with E-state index in [0.29, 0.717) is 47.7 Å². The van der Waals surface area contributed by atoms with Crippen molar-refractivity contribution >= 4 is 28.1 Å². The number of ether oxygens (including phenoxy) is 1. The highest BCUT2D eigenvalue weighted by atomic mass is 32.1. The summed E-state index contributed by atoms with van der Waals surface area (Å²) in [7, 11) is 1.65. The number of hydrogen-bond donors (Lipinski definition) is 0. The van der Waals surface area contributed by atoms with Crippen LogP contribution in [0, 0.1) is 0 Å². The van der Waals surface area contributed by atoms with Gasteiger partial charge in [-0.15, -0.1) is 11.3 Å². The molecule has 7 heteroatoms. The van der Waals surface area contributed by atoms with E-state index in [0.717, 1.165) is 0 Å². The zero-order valence-electron chi connectivity index (χ0n) is 16.4. The zero-order valence-corrected chi connectivity index (χ0v) is 17.2. The minimum atomic E-state index is -0.344. The number of aromatic nitrogens is 2. The van der Waals surface area contributed by atoms with Gasteiger partial charge in [0.05, 0.1) is 21.8 Å². The number of para-hydroxylation sites is 1. The Morgan fingerprint density at radius 1 is 1.29 bits per heavy atom. The van der Waals surface area contributed by atoms with E-state index in [1.165, 1.54) is 11.3 Å². The van der Waals surface area contributed by atoms with Crippen molar-refractivity contribution < 1.29 is 9.53 Å². The summed E-state index contributed by atoms with van der Waals surface area (Å²) in [4.78, 5) is 33.3. The van der Waals surface area contributed by atoms with Gasteiger partial charge in [0.15, 0.2) is 0 Å². The molecule has 148 valence electrons. The molecule has 0 fully saturated rings. The van der Waals surface area contributed by atoms with Crippen LogP contribution in [0.3, 0.4) is 0 Å². The Labute approximate surface area is 168 Å². The molecule has 0 saturated heterocycles. The molecule has 1 unspecified atom stereocenters. The minimum Gasteiger partial charge on any atom is -0.385 e. The molecule has 0 aliphatic carbocycles. The molecule has 0 bridgehead atoms. The van der Waals surface area contributed by atoms with Crippen LogP contribution in [-0.2, 0) is 11.3 Å². The van der Waals surface area contributed by atoms with Crippen LogP contribution in [0.4, 0.5) is 0 Å². The first-order chi connectivity index (χ1) is 13.6. The van der Waals surface area contributed by atoms with Crippen LogP contribution in [0.15, 0.2) is 46.6 Å². The van der Waals surface area contributed by atoms with Gasteiger partial charge in [-0.2, -0.15) is 0 Å². The fourth-order valence-corrected chi connectivity index (χ4v) is 4.02. The zero-order chi connectivity index (χ0) is 20.1. The highest BCUT2D eigenvalue weighted by Gasteiger charge is 2.27. The number of thiophene rings is 1. The van der Waals surface area contributed by atoms with Gasteiger partial charge in [0, 0.05) is 26.8 Å². The Bertz CT molecular complexity index is 998. The van der Waals surface area contributed by atoms with Gasteiger partial charge in [-0.3, -0.25) is 14.2 Å². The largest absolute Gasteiger partial charge is 0.385 e. The average molecular weight is 400 g/mol. The predicted octanol–water partition coefficient (Wildman–Crippen LogP) is 3.72. The van der Waals surface area contributed by atoms with Crippen molar-refractivity contribution in [2.45, 2.75) is 32.9 Å². The number of nitrogens with zero attached hydrogens (tertiary/aromatic N) is 3. The lowest BCUT2D eigenvalue weighted by molar-refractivity contribution is 0.0660. The number of rotatable bonds is 8. The second-order valence-corrected chi connectivity index (χ2v) is 7.48. The van der Waals surface area contributed by atoms with Crippen molar-refractivity contribution in [1.29, 1.82) is 0 Å². The van der Waals surface area contributed by atoms with Gasteiger partial charge >= 0.3 is 0 Å². The molecule has 0 spiro atoms. The summed E-state index contributed by atoms with van der Waals surface area (Å²) < 4.78 is 6.83. The lowest BCUT2D eigenvalue weighted by Gasteiger charge is -2.30. The number of carbonyl (C=O) groups excluding carboxylic acids is 1. The van der Waals surface area contributed by atoms with Crippen molar-refractivity contribution in [3.05, 3.63) is 62.8 Å². The molecule has 2 aromatic heterocycles. The molecule has 0 saturated carbocycles. The van der Waals surface area contributed by atoms with Crippen molar-refractivity contribution in [3.8, 4) is 0 Å². The quantitative estimate of drug-likeness (QED) is 0.542. The highest BCUT2D eigenvalue weighted by molar-refractivity contribution is 7.12. The maximum Gasteiger partial charge on any atom is 0.264 e. The summed E-state index contributed by atoms with van der Waals surface area (Å²) in [5.41, 5.74) is 0.579. The number of methoxy groups -OCH3 is 1. The number of carbonyl (C=O) groups is 1. The van der Waals surface area contributed by atoms with Crippen LogP contribution < -0.4 is 5.56 Å². The van der Waals surface area contributed by atoms with Crippen LogP contribution >= 0.6 is 11.3 Å². The Hall–Kier alpha value is -2.51. The fourth-order valence-electron chi connectivity index (χ4n) is 3.34. The Kier molecular flexibility index (Phi) is 6.59. The summed E-state index contributed by atoms with van der Waals surface area (Å²) in [5, 5.41) is 2.48. The first-order valence-electron chi connectivity index (χ1n) is 9.41. The summed E-state index contributed by atoms with van der Waals surface area (Å²) in [6, 6.07) is 10.7. The molecule has 1 atom stereocenters. The van der Waals surface area contributed by atoms with Gasteiger partial charge < -0.3 is 9.64 Å². The third-order valence-electron chi connectivity index (χ3n) is 4.79. The van der Waals surface area contributed by atoms with Gasteiger partial charge in [0.1, 0.15) is 5.82 Å². The number of fused-ring (bicyclic) bond motifs is 1. The van der Waals surface area contributed by atoms with E-state index in [2.05, 4.69) is 0 Å². The second kappa shape index (κ2) is 9.12. The van der Waals surface area contributed by atoms with Gasteiger partial charge in [0.2, 0.25) is 0 Å². The summed E-state index contributed by atoms with van der Waals surface area (Å²) in [5.74, 6) is 0.553. The molecule has 1 aromatic carbocycles. The van der Waals surface area contributed by atoms with Crippen molar-refractivity contribution in [1.82, 2.24) is 14.5 Å². The SMILES string of the molecule is CCn1c(C(C)N(CCCOC)C(=O)c2cccs2)nc2ccccc2c1=O. The van der Waals surface area contributed by atoms with Gasteiger partial charge in [-0.1, -0.05) is 18.2 Å².